The molecule has 1 heterocycles. The normalized spacial score (nSPS) is 19.4. The van der Waals surface area contributed by atoms with Crippen LogP contribution in [0.25, 0.3) is 0 Å². The highest BCUT2D eigenvalue weighted by molar-refractivity contribution is 6.10. The predicted molar refractivity (Wildman–Crippen MR) is 93.7 cm³/mol. The van der Waals surface area contributed by atoms with Gasteiger partial charge in [-0.2, -0.15) is 0 Å². The van der Waals surface area contributed by atoms with Gasteiger partial charge in [0.1, 0.15) is 17.9 Å². The van der Waals surface area contributed by atoms with Gasteiger partial charge in [-0.05, 0) is 24.1 Å². The summed E-state index contributed by atoms with van der Waals surface area (Å²) in [6.45, 7) is 1.29. The molecule has 0 aromatic heterocycles. The maximum Gasteiger partial charge on any atom is 0.325 e. The van der Waals surface area contributed by atoms with Crippen LogP contribution in [0, 0.1) is 5.82 Å². The van der Waals surface area contributed by atoms with E-state index in [0.717, 1.165) is 4.90 Å². The largest absolute Gasteiger partial charge is 0.325 e. The molecule has 1 atom stereocenters. The Morgan fingerprint density at radius 1 is 1.12 bits per heavy atom. The fourth-order valence-corrected chi connectivity index (χ4v) is 3.03. The van der Waals surface area contributed by atoms with Gasteiger partial charge in [-0.3, -0.25) is 14.5 Å². The monoisotopic (exact) mass is 355 g/mol. The zero-order chi connectivity index (χ0) is 18.7. The van der Waals surface area contributed by atoms with Crippen molar-refractivity contribution in [3.63, 3.8) is 0 Å². The fourth-order valence-electron chi connectivity index (χ4n) is 3.03. The minimum Gasteiger partial charge on any atom is -0.322 e. The first-order valence-corrected chi connectivity index (χ1v) is 8.22. The SMILES string of the molecule is CCC1(c2ccccc2)NC(=O)N(CC(=O)Nc2ccccc2F)C1=O. The lowest BCUT2D eigenvalue weighted by Crippen LogP contribution is -2.44. The van der Waals surface area contributed by atoms with Gasteiger partial charge in [0.2, 0.25) is 5.91 Å². The summed E-state index contributed by atoms with van der Waals surface area (Å²) in [5.41, 5.74) is -0.552. The molecule has 26 heavy (non-hydrogen) atoms. The molecule has 1 unspecified atom stereocenters. The van der Waals surface area contributed by atoms with Crippen LogP contribution in [0.15, 0.2) is 54.6 Å². The Morgan fingerprint density at radius 2 is 1.77 bits per heavy atom. The third kappa shape index (κ3) is 3.03. The van der Waals surface area contributed by atoms with Crippen molar-refractivity contribution in [1.29, 1.82) is 0 Å². The predicted octanol–water partition coefficient (Wildman–Crippen LogP) is 2.62. The number of rotatable bonds is 5. The van der Waals surface area contributed by atoms with E-state index in [1.807, 2.05) is 6.07 Å². The molecule has 1 aliphatic heterocycles. The molecule has 1 fully saturated rings. The number of benzene rings is 2. The minimum atomic E-state index is -1.20. The van der Waals surface area contributed by atoms with Crippen LogP contribution in [0.1, 0.15) is 18.9 Å². The average molecular weight is 355 g/mol. The number of hydrogen-bond acceptors (Lipinski definition) is 3. The number of imide groups is 1. The van der Waals surface area contributed by atoms with Crippen LogP contribution in [-0.2, 0) is 15.1 Å². The van der Waals surface area contributed by atoms with E-state index >= 15 is 0 Å². The average Bonchev–Trinajstić information content (AvgIpc) is 2.89. The summed E-state index contributed by atoms with van der Waals surface area (Å²) in [6.07, 6.45) is 0.340. The summed E-state index contributed by atoms with van der Waals surface area (Å²) in [5.74, 6) is -1.75. The Morgan fingerprint density at radius 3 is 2.42 bits per heavy atom. The van der Waals surface area contributed by atoms with Gasteiger partial charge in [0.15, 0.2) is 0 Å². The van der Waals surface area contributed by atoms with Crippen LogP contribution in [-0.4, -0.2) is 29.3 Å². The van der Waals surface area contributed by atoms with Crippen molar-refractivity contribution in [3.8, 4) is 0 Å². The van der Waals surface area contributed by atoms with E-state index in [1.165, 1.54) is 18.2 Å². The van der Waals surface area contributed by atoms with Crippen molar-refractivity contribution in [2.45, 2.75) is 18.9 Å². The van der Waals surface area contributed by atoms with Crippen molar-refractivity contribution in [1.82, 2.24) is 10.2 Å². The van der Waals surface area contributed by atoms with Crippen LogP contribution in [0.4, 0.5) is 14.9 Å². The number of hydrogen-bond donors (Lipinski definition) is 2. The molecule has 0 spiro atoms. The third-order valence-electron chi connectivity index (χ3n) is 4.42. The molecule has 2 aromatic carbocycles. The lowest BCUT2D eigenvalue weighted by Gasteiger charge is -2.25. The summed E-state index contributed by atoms with van der Waals surface area (Å²) in [7, 11) is 0. The van der Waals surface area contributed by atoms with E-state index in [2.05, 4.69) is 10.6 Å². The number of amides is 4. The molecule has 1 saturated heterocycles. The Kier molecular flexibility index (Phi) is 4.71. The number of halogens is 1. The van der Waals surface area contributed by atoms with E-state index < -0.39 is 35.7 Å². The van der Waals surface area contributed by atoms with E-state index in [-0.39, 0.29) is 5.69 Å². The maximum absolute atomic E-state index is 13.6. The Labute approximate surface area is 150 Å². The smallest absolute Gasteiger partial charge is 0.322 e. The molecular formula is C19H18FN3O3. The first-order valence-electron chi connectivity index (χ1n) is 8.22. The molecule has 2 N–H and O–H groups in total. The molecule has 0 saturated carbocycles. The quantitative estimate of drug-likeness (QED) is 0.810. The molecule has 0 bridgehead atoms. The van der Waals surface area contributed by atoms with E-state index in [1.54, 1.807) is 37.3 Å². The van der Waals surface area contributed by atoms with Gasteiger partial charge in [-0.15, -0.1) is 0 Å². The zero-order valence-electron chi connectivity index (χ0n) is 14.2. The second-order valence-electron chi connectivity index (χ2n) is 5.97. The van der Waals surface area contributed by atoms with Crippen molar-refractivity contribution < 1.29 is 18.8 Å². The number of carbonyl (C=O) groups excluding carboxylic acids is 3. The molecule has 7 heteroatoms. The molecular weight excluding hydrogens is 337 g/mol. The summed E-state index contributed by atoms with van der Waals surface area (Å²) in [4.78, 5) is 38.3. The van der Waals surface area contributed by atoms with E-state index in [9.17, 15) is 18.8 Å². The van der Waals surface area contributed by atoms with Gasteiger partial charge in [-0.25, -0.2) is 9.18 Å². The molecule has 1 aliphatic rings. The van der Waals surface area contributed by atoms with Gasteiger partial charge in [0.25, 0.3) is 5.91 Å². The zero-order valence-corrected chi connectivity index (χ0v) is 14.2. The number of anilines is 1. The van der Waals surface area contributed by atoms with Gasteiger partial charge >= 0.3 is 6.03 Å². The van der Waals surface area contributed by atoms with Gasteiger partial charge in [-0.1, -0.05) is 49.4 Å². The van der Waals surface area contributed by atoms with Crippen molar-refractivity contribution >= 4 is 23.5 Å². The van der Waals surface area contributed by atoms with Gasteiger partial charge in [0, 0.05) is 0 Å². The second kappa shape index (κ2) is 6.95. The minimum absolute atomic E-state index is 0.00521. The Bertz CT molecular complexity index is 856. The van der Waals surface area contributed by atoms with Crippen LogP contribution < -0.4 is 10.6 Å². The lowest BCUT2D eigenvalue weighted by atomic mass is 9.87. The molecule has 0 radical (unpaired) electrons. The van der Waals surface area contributed by atoms with Crippen molar-refractivity contribution in [2.75, 3.05) is 11.9 Å². The highest BCUT2D eigenvalue weighted by atomic mass is 19.1. The number of carbonyl (C=O) groups is 3. The fraction of sp³-hybridized carbons (Fsp3) is 0.211. The first-order chi connectivity index (χ1) is 12.5. The summed E-state index contributed by atoms with van der Waals surface area (Å²) in [5, 5.41) is 5.07. The Balaban J connectivity index is 1.79. The molecule has 2 aromatic rings. The number of nitrogens with one attached hydrogen (secondary N) is 2. The highest BCUT2D eigenvalue weighted by Crippen LogP contribution is 2.32. The molecule has 4 amide bonds. The van der Waals surface area contributed by atoms with Gasteiger partial charge in [0.05, 0.1) is 5.69 Å². The van der Waals surface area contributed by atoms with Crippen LogP contribution >= 0.6 is 0 Å². The van der Waals surface area contributed by atoms with E-state index in [4.69, 9.17) is 0 Å². The first kappa shape index (κ1) is 17.6. The maximum atomic E-state index is 13.6. The summed E-state index contributed by atoms with van der Waals surface area (Å²) in [6, 6.07) is 13.9. The van der Waals surface area contributed by atoms with Crippen molar-refractivity contribution in [3.05, 3.63) is 66.0 Å². The molecule has 0 aliphatic carbocycles. The van der Waals surface area contributed by atoms with E-state index in [0.29, 0.717) is 12.0 Å². The molecule has 6 nitrogen and oxygen atoms in total. The lowest BCUT2D eigenvalue weighted by molar-refractivity contribution is -0.134. The van der Waals surface area contributed by atoms with Crippen LogP contribution in [0.5, 0.6) is 0 Å². The van der Waals surface area contributed by atoms with Crippen molar-refractivity contribution in [2.24, 2.45) is 0 Å². The number of para-hydroxylation sites is 1. The summed E-state index contributed by atoms with van der Waals surface area (Å²) >= 11 is 0. The van der Waals surface area contributed by atoms with Crippen LogP contribution in [0.3, 0.4) is 0 Å². The molecule has 134 valence electrons. The highest BCUT2D eigenvalue weighted by Gasteiger charge is 2.51. The second-order valence-corrected chi connectivity index (χ2v) is 5.97. The summed E-state index contributed by atoms with van der Waals surface area (Å²) < 4.78 is 13.6. The molecule has 3 rings (SSSR count). The third-order valence-corrected chi connectivity index (χ3v) is 4.42. The van der Waals surface area contributed by atoms with Crippen LogP contribution in [0.2, 0.25) is 0 Å². The number of urea groups is 1. The topological polar surface area (TPSA) is 78.5 Å². The standard InChI is InChI=1S/C19H18FN3O3/c1-2-19(13-8-4-3-5-9-13)17(25)23(18(26)22-19)12-16(24)21-15-11-7-6-10-14(15)20/h3-11H,2,12H2,1H3,(H,21,24)(H,22,26). The van der Waals surface area contributed by atoms with Gasteiger partial charge < -0.3 is 10.6 Å². The number of nitrogens with zero attached hydrogens (tertiary/aromatic N) is 1. The Hall–Kier alpha value is -3.22.